The quantitative estimate of drug-likeness (QED) is 0.833. The molecule has 0 aliphatic carbocycles. The second kappa shape index (κ2) is 8.56. The zero-order valence-corrected chi connectivity index (χ0v) is 14.7. The van der Waals surface area contributed by atoms with E-state index in [2.05, 4.69) is 0 Å². The number of hydrogen-bond acceptors (Lipinski definition) is 3. The molecule has 0 saturated carbocycles. The highest BCUT2D eigenvalue weighted by atomic mass is 19.1. The SMILES string of the molecule is O.O=C(O)CN1CCC(C(O)(c2ccc(F)cc2)c2ccc(F)cc2)CC1. The Balaban J connectivity index is 0.00000261. The van der Waals surface area contributed by atoms with Gasteiger partial charge in [-0.2, -0.15) is 0 Å². The van der Waals surface area contributed by atoms with E-state index in [0.717, 1.165) is 0 Å². The Labute approximate surface area is 156 Å². The van der Waals surface area contributed by atoms with Crippen LogP contribution in [0.3, 0.4) is 0 Å². The van der Waals surface area contributed by atoms with Crippen LogP contribution in [0.2, 0.25) is 0 Å². The molecule has 1 aliphatic rings. The van der Waals surface area contributed by atoms with Gasteiger partial charge in [0, 0.05) is 0 Å². The van der Waals surface area contributed by atoms with Crippen LogP contribution in [0.15, 0.2) is 48.5 Å². The number of piperidine rings is 1. The maximum absolute atomic E-state index is 13.4. The predicted octanol–water partition coefficient (Wildman–Crippen LogP) is 2.17. The first kappa shape index (κ1) is 21.0. The van der Waals surface area contributed by atoms with E-state index in [1.165, 1.54) is 24.3 Å². The van der Waals surface area contributed by atoms with Gasteiger partial charge in [-0.25, -0.2) is 8.78 Å². The zero-order valence-electron chi connectivity index (χ0n) is 14.7. The number of nitrogens with zero attached hydrogens (tertiary/aromatic N) is 1. The number of carbonyl (C=O) groups is 1. The van der Waals surface area contributed by atoms with E-state index in [9.17, 15) is 18.7 Å². The summed E-state index contributed by atoms with van der Waals surface area (Å²) in [7, 11) is 0. The Morgan fingerprint density at radius 1 is 0.963 bits per heavy atom. The minimum atomic E-state index is -1.39. The van der Waals surface area contributed by atoms with Gasteiger partial charge in [-0.1, -0.05) is 24.3 Å². The third kappa shape index (κ3) is 4.50. The highest BCUT2D eigenvalue weighted by molar-refractivity contribution is 5.69. The highest BCUT2D eigenvalue weighted by Crippen LogP contribution is 2.42. The van der Waals surface area contributed by atoms with E-state index in [1.807, 2.05) is 4.90 Å². The molecule has 4 N–H and O–H groups in total. The number of carboxylic acids is 1. The molecular weight excluding hydrogens is 356 g/mol. The van der Waals surface area contributed by atoms with Crippen LogP contribution in [-0.2, 0) is 10.4 Å². The third-order valence-corrected chi connectivity index (χ3v) is 5.11. The minimum Gasteiger partial charge on any atom is -0.480 e. The molecule has 1 saturated heterocycles. The minimum absolute atomic E-state index is 0. The number of likely N-dealkylation sites (tertiary alicyclic amines) is 1. The average molecular weight is 379 g/mol. The summed E-state index contributed by atoms with van der Waals surface area (Å²) < 4.78 is 26.7. The second-order valence-corrected chi connectivity index (χ2v) is 6.72. The number of aliphatic carboxylic acids is 1. The van der Waals surface area contributed by atoms with Gasteiger partial charge in [0.05, 0.1) is 6.54 Å². The maximum Gasteiger partial charge on any atom is 0.317 e. The molecule has 0 amide bonds. The normalized spacial score (nSPS) is 16.0. The fourth-order valence-corrected chi connectivity index (χ4v) is 3.75. The van der Waals surface area contributed by atoms with Gasteiger partial charge >= 0.3 is 5.97 Å². The molecule has 0 spiro atoms. The Hall–Kier alpha value is -2.35. The summed E-state index contributed by atoms with van der Waals surface area (Å²) >= 11 is 0. The molecule has 146 valence electrons. The van der Waals surface area contributed by atoms with E-state index in [-0.39, 0.29) is 17.9 Å². The van der Waals surface area contributed by atoms with Crippen molar-refractivity contribution >= 4 is 5.97 Å². The van der Waals surface area contributed by atoms with Crippen molar-refractivity contribution in [2.75, 3.05) is 19.6 Å². The third-order valence-electron chi connectivity index (χ3n) is 5.11. The molecule has 0 radical (unpaired) electrons. The molecule has 2 aromatic rings. The standard InChI is InChI=1S/C20H21F2NO3.H2O/c21-17-5-1-14(2-6-17)20(26,15-3-7-18(22)8-4-15)16-9-11-23(12-10-16)13-19(24)25;/h1-8,16,26H,9-13H2,(H,24,25);1H2. The smallest absolute Gasteiger partial charge is 0.317 e. The lowest BCUT2D eigenvalue weighted by molar-refractivity contribution is -0.139. The monoisotopic (exact) mass is 379 g/mol. The van der Waals surface area contributed by atoms with Crippen LogP contribution in [0.4, 0.5) is 8.78 Å². The lowest BCUT2D eigenvalue weighted by atomic mass is 9.72. The molecule has 1 heterocycles. The van der Waals surface area contributed by atoms with Crippen molar-refractivity contribution in [2.24, 2.45) is 5.92 Å². The topological polar surface area (TPSA) is 92.3 Å². The lowest BCUT2D eigenvalue weighted by Gasteiger charge is -2.42. The summed E-state index contributed by atoms with van der Waals surface area (Å²) in [5, 5.41) is 20.6. The van der Waals surface area contributed by atoms with E-state index < -0.39 is 23.2 Å². The van der Waals surface area contributed by atoms with Gasteiger partial charge in [-0.15, -0.1) is 0 Å². The molecule has 0 bridgehead atoms. The average Bonchev–Trinajstić information content (AvgIpc) is 2.62. The van der Waals surface area contributed by atoms with Gasteiger partial charge in [0.2, 0.25) is 0 Å². The lowest BCUT2D eigenvalue weighted by Crippen LogP contribution is -2.45. The molecule has 0 unspecified atom stereocenters. The van der Waals surface area contributed by atoms with Crippen LogP contribution in [0, 0.1) is 17.6 Å². The van der Waals surface area contributed by atoms with E-state index in [1.54, 1.807) is 24.3 Å². The maximum atomic E-state index is 13.4. The van der Waals surface area contributed by atoms with Crippen molar-refractivity contribution in [1.82, 2.24) is 4.90 Å². The number of rotatable bonds is 5. The number of halogens is 2. The Morgan fingerprint density at radius 3 is 1.74 bits per heavy atom. The van der Waals surface area contributed by atoms with Crippen LogP contribution in [0.1, 0.15) is 24.0 Å². The number of aliphatic hydroxyl groups is 1. The van der Waals surface area contributed by atoms with Crippen molar-refractivity contribution in [2.45, 2.75) is 18.4 Å². The van der Waals surface area contributed by atoms with Gasteiger partial charge < -0.3 is 15.7 Å². The first-order valence-corrected chi connectivity index (χ1v) is 8.58. The first-order chi connectivity index (χ1) is 12.4. The Bertz CT molecular complexity index is 711. The summed E-state index contributed by atoms with van der Waals surface area (Å²) in [6.45, 7) is 1.06. The van der Waals surface area contributed by atoms with Crippen molar-refractivity contribution in [3.8, 4) is 0 Å². The molecule has 7 heteroatoms. The molecular formula is C20H23F2NO4. The Morgan fingerprint density at radius 2 is 1.37 bits per heavy atom. The van der Waals surface area contributed by atoms with Crippen LogP contribution >= 0.6 is 0 Å². The van der Waals surface area contributed by atoms with E-state index in [0.29, 0.717) is 37.1 Å². The van der Waals surface area contributed by atoms with E-state index in [4.69, 9.17) is 5.11 Å². The molecule has 5 nitrogen and oxygen atoms in total. The van der Waals surface area contributed by atoms with Gasteiger partial charge in [-0.05, 0) is 67.2 Å². The summed E-state index contributed by atoms with van der Waals surface area (Å²) in [6, 6.07) is 11.4. The molecule has 1 fully saturated rings. The van der Waals surface area contributed by atoms with Crippen molar-refractivity contribution in [3.05, 3.63) is 71.3 Å². The molecule has 0 atom stereocenters. The van der Waals surface area contributed by atoms with Crippen LogP contribution in [-0.4, -0.2) is 46.2 Å². The van der Waals surface area contributed by atoms with E-state index >= 15 is 0 Å². The predicted molar refractivity (Wildman–Crippen MR) is 96.2 cm³/mol. The molecule has 1 aliphatic heterocycles. The van der Waals surface area contributed by atoms with Gasteiger partial charge in [0.1, 0.15) is 17.2 Å². The van der Waals surface area contributed by atoms with Gasteiger partial charge in [0.25, 0.3) is 0 Å². The number of benzene rings is 2. The van der Waals surface area contributed by atoms with Crippen molar-refractivity contribution in [3.63, 3.8) is 0 Å². The number of carboxylic acid groups (broad SMARTS) is 1. The van der Waals surface area contributed by atoms with Crippen molar-refractivity contribution < 1.29 is 29.3 Å². The molecule has 0 aromatic heterocycles. The van der Waals surface area contributed by atoms with Gasteiger partial charge in [-0.3, -0.25) is 9.69 Å². The summed E-state index contributed by atoms with van der Waals surface area (Å²) in [5.74, 6) is -1.86. The summed E-state index contributed by atoms with van der Waals surface area (Å²) in [6.07, 6.45) is 1.16. The summed E-state index contributed by atoms with van der Waals surface area (Å²) in [4.78, 5) is 12.7. The molecule has 27 heavy (non-hydrogen) atoms. The highest BCUT2D eigenvalue weighted by Gasteiger charge is 2.41. The molecule has 2 aromatic carbocycles. The van der Waals surface area contributed by atoms with Crippen LogP contribution in [0.25, 0.3) is 0 Å². The largest absolute Gasteiger partial charge is 0.480 e. The molecule has 3 rings (SSSR count). The summed E-state index contributed by atoms with van der Waals surface area (Å²) in [5.41, 5.74) is -0.305. The van der Waals surface area contributed by atoms with Crippen molar-refractivity contribution in [1.29, 1.82) is 0 Å². The second-order valence-electron chi connectivity index (χ2n) is 6.72. The van der Waals surface area contributed by atoms with Crippen LogP contribution < -0.4 is 0 Å². The fourth-order valence-electron chi connectivity index (χ4n) is 3.75. The van der Waals surface area contributed by atoms with Gasteiger partial charge in [0.15, 0.2) is 0 Å². The zero-order chi connectivity index (χ0) is 18.7. The Kier molecular flexibility index (Phi) is 6.64. The fraction of sp³-hybridized carbons (Fsp3) is 0.350. The van der Waals surface area contributed by atoms with Crippen LogP contribution in [0.5, 0.6) is 0 Å². The number of hydrogen-bond donors (Lipinski definition) is 2. The first-order valence-electron chi connectivity index (χ1n) is 8.58.